The predicted octanol–water partition coefficient (Wildman–Crippen LogP) is 5.12. The fourth-order valence-electron chi connectivity index (χ4n) is 2.94. The van der Waals surface area contributed by atoms with E-state index in [0.717, 1.165) is 25.3 Å². The summed E-state index contributed by atoms with van der Waals surface area (Å²) < 4.78 is 0. The molecular formula is C23H26N2O. The molecule has 26 heavy (non-hydrogen) atoms. The summed E-state index contributed by atoms with van der Waals surface area (Å²) in [5.74, 6) is 0. The quantitative estimate of drug-likeness (QED) is 0.544. The lowest BCUT2D eigenvalue weighted by Gasteiger charge is -2.26. The van der Waals surface area contributed by atoms with E-state index >= 15 is 0 Å². The van der Waals surface area contributed by atoms with Gasteiger partial charge in [0.05, 0.1) is 11.8 Å². The summed E-state index contributed by atoms with van der Waals surface area (Å²) in [6, 6.07) is 31.1. The van der Waals surface area contributed by atoms with E-state index in [1.54, 1.807) is 0 Å². The highest BCUT2D eigenvalue weighted by Gasteiger charge is 2.12. The molecule has 0 spiro atoms. The maximum atomic E-state index is 5.84. The Bertz CT molecular complexity index is 705. The minimum Gasteiger partial charge on any atom is -0.292 e. The largest absolute Gasteiger partial charge is 0.292 e. The Morgan fingerprint density at radius 2 is 1.19 bits per heavy atom. The van der Waals surface area contributed by atoms with Crippen molar-refractivity contribution in [3.8, 4) is 0 Å². The van der Waals surface area contributed by atoms with Gasteiger partial charge in [-0.2, -0.15) is 0 Å². The highest BCUT2D eigenvalue weighted by molar-refractivity contribution is 5.40. The second-order valence-electron chi connectivity index (χ2n) is 6.54. The summed E-state index contributed by atoms with van der Waals surface area (Å²) in [4.78, 5) is 8.26. The number of benzene rings is 3. The van der Waals surface area contributed by atoms with Crippen LogP contribution >= 0.6 is 0 Å². The lowest BCUT2D eigenvalue weighted by Crippen LogP contribution is -2.32. The van der Waals surface area contributed by atoms with Crippen molar-refractivity contribution in [2.24, 2.45) is 0 Å². The maximum absolute atomic E-state index is 5.84. The normalized spacial score (nSPS) is 12.1. The minimum absolute atomic E-state index is 0.0580. The standard InChI is InChI=1S/C23H26N2O/c1-20(26-24-23-15-9-4-10-16-23)17-25(18-21-11-5-2-6-12-21)19-22-13-7-3-8-14-22/h2-16,20,24H,17-19H2,1H3/t20-/m1/s1. The summed E-state index contributed by atoms with van der Waals surface area (Å²) in [5, 5.41) is 0. The first-order chi connectivity index (χ1) is 12.8. The third-order valence-corrected chi connectivity index (χ3v) is 4.17. The molecule has 0 unspecified atom stereocenters. The lowest BCUT2D eigenvalue weighted by molar-refractivity contribution is 0.0693. The predicted molar refractivity (Wildman–Crippen MR) is 108 cm³/mol. The van der Waals surface area contributed by atoms with Crippen molar-refractivity contribution in [2.45, 2.75) is 26.1 Å². The number of hydrogen-bond acceptors (Lipinski definition) is 3. The molecule has 1 atom stereocenters. The summed E-state index contributed by atoms with van der Waals surface area (Å²) in [6.45, 7) is 4.73. The third-order valence-electron chi connectivity index (χ3n) is 4.17. The van der Waals surface area contributed by atoms with E-state index in [0.29, 0.717) is 0 Å². The molecule has 0 saturated carbocycles. The van der Waals surface area contributed by atoms with Gasteiger partial charge in [-0.05, 0) is 30.2 Å². The van der Waals surface area contributed by atoms with Crippen LogP contribution in [-0.2, 0) is 17.9 Å². The molecule has 0 bridgehead atoms. The average Bonchev–Trinajstić information content (AvgIpc) is 2.69. The summed E-state index contributed by atoms with van der Waals surface area (Å²) >= 11 is 0. The van der Waals surface area contributed by atoms with E-state index in [-0.39, 0.29) is 6.10 Å². The molecule has 3 aromatic carbocycles. The number of nitrogens with one attached hydrogen (secondary N) is 1. The van der Waals surface area contributed by atoms with Gasteiger partial charge in [-0.15, -0.1) is 0 Å². The molecule has 3 rings (SSSR count). The van der Waals surface area contributed by atoms with Crippen LogP contribution < -0.4 is 5.48 Å². The fourth-order valence-corrected chi connectivity index (χ4v) is 2.94. The Hall–Kier alpha value is -2.62. The van der Waals surface area contributed by atoms with Gasteiger partial charge in [0.2, 0.25) is 0 Å². The van der Waals surface area contributed by atoms with Crippen LogP contribution in [0.25, 0.3) is 0 Å². The zero-order valence-corrected chi connectivity index (χ0v) is 15.2. The molecule has 3 nitrogen and oxygen atoms in total. The second kappa shape index (κ2) is 9.76. The van der Waals surface area contributed by atoms with E-state index in [4.69, 9.17) is 4.84 Å². The van der Waals surface area contributed by atoms with Crippen molar-refractivity contribution in [3.05, 3.63) is 102 Å². The van der Waals surface area contributed by atoms with Gasteiger partial charge in [-0.25, -0.2) is 0 Å². The van der Waals surface area contributed by atoms with Gasteiger partial charge in [0.15, 0.2) is 0 Å². The molecule has 0 aliphatic rings. The van der Waals surface area contributed by atoms with E-state index in [2.05, 4.69) is 78.0 Å². The average molecular weight is 346 g/mol. The highest BCUT2D eigenvalue weighted by Crippen LogP contribution is 2.12. The molecule has 0 heterocycles. The first-order valence-electron chi connectivity index (χ1n) is 9.06. The van der Waals surface area contributed by atoms with Crippen LogP contribution in [0.1, 0.15) is 18.1 Å². The Balaban J connectivity index is 1.60. The maximum Gasteiger partial charge on any atom is 0.0952 e. The van der Waals surface area contributed by atoms with Crippen LogP contribution in [0.4, 0.5) is 5.69 Å². The zero-order chi connectivity index (χ0) is 18.0. The van der Waals surface area contributed by atoms with Gasteiger partial charge in [0.1, 0.15) is 0 Å². The Morgan fingerprint density at radius 1 is 0.731 bits per heavy atom. The fraction of sp³-hybridized carbons (Fsp3) is 0.217. The molecule has 3 aromatic rings. The number of rotatable bonds is 9. The number of nitrogens with zero attached hydrogens (tertiary/aromatic N) is 1. The summed E-state index contributed by atoms with van der Waals surface area (Å²) in [6.07, 6.45) is 0.0580. The smallest absolute Gasteiger partial charge is 0.0952 e. The third kappa shape index (κ3) is 6.03. The first-order valence-corrected chi connectivity index (χ1v) is 9.06. The van der Waals surface area contributed by atoms with Crippen LogP contribution in [-0.4, -0.2) is 17.5 Å². The van der Waals surface area contributed by atoms with E-state index in [1.165, 1.54) is 11.1 Å². The summed E-state index contributed by atoms with van der Waals surface area (Å²) in [5.41, 5.74) is 6.64. The molecule has 3 heteroatoms. The van der Waals surface area contributed by atoms with Crippen LogP contribution in [0.15, 0.2) is 91.0 Å². The van der Waals surface area contributed by atoms with Crippen molar-refractivity contribution in [3.63, 3.8) is 0 Å². The second-order valence-corrected chi connectivity index (χ2v) is 6.54. The SMILES string of the molecule is C[C@H](CN(Cc1ccccc1)Cc1ccccc1)ONc1ccccc1. The van der Waals surface area contributed by atoms with Gasteiger partial charge in [0.25, 0.3) is 0 Å². The van der Waals surface area contributed by atoms with Gasteiger partial charge < -0.3 is 0 Å². The molecule has 0 fully saturated rings. The Labute approximate surface area is 156 Å². The Kier molecular flexibility index (Phi) is 6.82. The molecule has 134 valence electrons. The zero-order valence-electron chi connectivity index (χ0n) is 15.2. The molecule has 0 aliphatic carbocycles. The Morgan fingerprint density at radius 3 is 1.69 bits per heavy atom. The van der Waals surface area contributed by atoms with E-state index in [9.17, 15) is 0 Å². The molecule has 0 aliphatic heterocycles. The monoisotopic (exact) mass is 346 g/mol. The van der Waals surface area contributed by atoms with Crippen molar-refractivity contribution in [2.75, 3.05) is 12.0 Å². The van der Waals surface area contributed by atoms with Gasteiger partial charge in [0, 0.05) is 19.6 Å². The topological polar surface area (TPSA) is 24.5 Å². The van der Waals surface area contributed by atoms with Crippen LogP contribution in [0.3, 0.4) is 0 Å². The van der Waals surface area contributed by atoms with Gasteiger partial charge in [-0.3, -0.25) is 15.2 Å². The van der Waals surface area contributed by atoms with Gasteiger partial charge >= 0.3 is 0 Å². The van der Waals surface area contributed by atoms with Crippen molar-refractivity contribution < 1.29 is 4.84 Å². The van der Waals surface area contributed by atoms with Crippen molar-refractivity contribution >= 4 is 5.69 Å². The van der Waals surface area contributed by atoms with Crippen LogP contribution in [0.2, 0.25) is 0 Å². The molecule has 0 amide bonds. The lowest BCUT2D eigenvalue weighted by atomic mass is 10.1. The molecule has 0 saturated heterocycles. The van der Waals surface area contributed by atoms with Crippen LogP contribution in [0, 0.1) is 0 Å². The van der Waals surface area contributed by atoms with Gasteiger partial charge in [-0.1, -0.05) is 78.9 Å². The molecule has 0 radical (unpaired) electrons. The van der Waals surface area contributed by atoms with Crippen LogP contribution in [0.5, 0.6) is 0 Å². The van der Waals surface area contributed by atoms with Crippen molar-refractivity contribution in [1.82, 2.24) is 4.90 Å². The molecule has 0 aromatic heterocycles. The molecule has 1 N–H and O–H groups in total. The van der Waals surface area contributed by atoms with E-state index < -0.39 is 0 Å². The van der Waals surface area contributed by atoms with Crippen molar-refractivity contribution in [1.29, 1.82) is 0 Å². The minimum atomic E-state index is 0.0580. The number of hydrogen-bond donors (Lipinski definition) is 1. The first kappa shape index (κ1) is 18.2. The number of anilines is 1. The highest BCUT2D eigenvalue weighted by atomic mass is 16.7. The molecular weight excluding hydrogens is 320 g/mol. The van der Waals surface area contributed by atoms with E-state index in [1.807, 2.05) is 30.3 Å². The number of para-hydroxylation sites is 1. The summed E-state index contributed by atoms with van der Waals surface area (Å²) in [7, 11) is 0.